The molecular weight excluding hydrogens is 452 g/mol. The molecular formula is C28H38N6O2. The summed E-state index contributed by atoms with van der Waals surface area (Å²) in [6.45, 7) is 12.6. The van der Waals surface area contributed by atoms with Crippen LogP contribution in [0.1, 0.15) is 36.6 Å². The van der Waals surface area contributed by atoms with Crippen molar-refractivity contribution in [3.8, 4) is 0 Å². The maximum atomic E-state index is 13.0. The molecule has 192 valence electrons. The Kier molecular flexibility index (Phi) is 7.53. The molecule has 0 bridgehead atoms. The van der Waals surface area contributed by atoms with Crippen molar-refractivity contribution in [2.24, 2.45) is 5.92 Å². The molecule has 8 nitrogen and oxygen atoms in total. The largest absolute Gasteiger partial charge is 0.390 e. The van der Waals surface area contributed by atoms with Gasteiger partial charge >= 0.3 is 6.03 Å². The van der Waals surface area contributed by atoms with Crippen LogP contribution in [0.15, 0.2) is 48.8 Å². The fourth-order valence-electron chi connectivity index (χ4n) is 5.66. The maximum Gasteiger partial charge on any atom is 0.320 e. The second-order valence-electron chi connectivity index (χ2n) is 10.5. The van der Waals surface area contributed by atoms with Gasteiger partial charge in [-0.2, -0.15) is 0 Å². The van der Waals surface area contributed by atoms with E-state index in [4.69, 9.17) is 0 Å². The molecule has 0 aliphatic carbocycles. The summed E-state index contributed by atoms with van der Waals surface area (Å²) in [6, 6.07) is 8.47. The van der Waals surface area contributed by atoms with Gasteiger partial charge in [0.15, 0.2) is 0 Å². The second kappa shape index (κ2) is 11.0. The number of aromatic nitrogens is 2. The topological polar surface area (TPSA) is 76.0 Å². The summed E-state index contributed by atoms with van der Waals surface area (Å²) in [5, 5.41) is 10.7. The number of urea groups is 1. The molecule has 1 aromatic carbocycles. The Morgan fingerprint density at radius 1 is 1.03 bits per heavy atom. The van der Waals surface area contributed by atoms with E-state index in [-0.39, 0.29) is 6.03 Å². The van der Waals surface area contributed by atoms with Crippen molar-refractivity contribution in [1.82, 2.24) is 24.7 Å². The van der Waals surface area contributed by atoms with Crippen LogP contribution >= 0.6 is 0 Å². The molecule has 1 atom stereocenters. The molecule has 0 spiro atoms. The number of anilines is 1. The van der Waals surface area contributed by atoms with Crippen LogP contribution in [0.25, 0.3) is 0 Å². The van der Waals surface area contributed by atoms with E-state index in [1.807, 2.05) is 6.20 Å². The van der Waals surface area contributed by atoms with E-state index in [1.165, 1.54) is 16.7 Å². The quantitative estimate of drug-likeness (QED) is 0.574. The standard InChI is InChI=1S/C28H38N6O2/c1-21(2)22-8-11-32(12-9-22)27-16-29-25(15-30-27)18-33-13-14-34(28(33)36)20-26(35)19-31-10-7-23-5-3-4-6-24(23)17-31/h3-6,15-16,22,26,35H,1,7-14,17-20H2,2H3/t26-/m1/s1. The van der Waals surface area contributed by atoms with E-state index < -0.39 is 6.10 Å². The number of benzene rings is 1. The number of carbonyl (C=O) groups is 1. The molecule has 1 N–H and O–H groups in total. The third-order valence-corrected chi connectivity index (χ3v) is 7.85. The third-order valence-electron chi connectivity index (χ3n) is 7.85. The van der Waals surface area contributed by atoms with Gasteiger partial charge in [0.05, 0.1) is 30.7 Å². The lowest BCUT2D eigenvalue weighted by molar-refractivity contribution is 0.0811. The molecule has 0 radical (unpaired) electrons. The summed E-state index contributed by atoms with van der Waals surface area (Å²) >= 11 is 0. The molecule has 2 aromatic rings. The number of hydrogen-bond donors (Lipinski definition) is 1. The SMILES string of the molecule is C=C(C)C1CCN(c2cnc(CN3CCN(C[C@H](O)CN4CCc5ccccc5C4)C3=O)cn2)CC1. The first-order chi connectivity index (χ1) is 17.5. The molecule has 0 saturated carbocycles. The Morgan fingerprint density at radius 3 is 2.50 bits per heavy atom. The van der Waals surface area contributed by atoms with E-state index in [0.29, 0.717) is 38.6 Å². The summed E-state index contributed by atoms with van der Waals surface area (Å²) in [5.41, 5.74) is 4.79. The van der Waals surface area contributed by atoms with Gasteiger partial charge in [-0.05, 0) is 43.2 Å². The van der Waals surface area contributed by atoms with Gasteiger partial charge in [-0.15, -0.1) is 0 Å². The molecule has 3 aliphatic rings. The Balaban J connectivity index is 1.08. The Bertz CT molecular complexity index is 1070. The first kappa shape index (κ1) is 24.7. The number of β-amino-alcohol motifs (C(OH)–C–C–N with tert-alkyl or cyclic N) is 1. The zero-order chi connectivity index (χ0) is 25.1. The number of aliphatic hydroxyl groups is 1. The van der Waals surface area contributed by atoms with Crippen LogP contribution in [-0.2, 0) is 19.5 Å². The van der Waals surface area contributed by atoms with Crippen molar-refractivity contribution in [3.05, 3.63) is 65.6 Å². The average Bonchev–Trinajstić information content (AvgIpc) is 3.22. The normalized spacial score (nSPS) is 20.1. The van der Waals surface area contributed by atoms with Crippen molar-refractivity contribution in [3.63, 3.8) is 0 Å². The van der Waals surface area contributed by atoms with E-state index in [2.05, 4.69) is 57.5 Å². The number of fused-ring (bicyclic) bond motifs is 1. The molecule has 2 fully saturated rings. The number of nitrogens with zero attached hydrogens (tertiary/aromatic N) is 6. The van der Waals surface area contributed by atoms with Gasteiger partial charge in [0.25, 0.3) is 0 Å². The number of allylic oxidation sites excluding steroid dienone is 1. The summed E-state index contributed by atoms with van der Waals surface area (Å²) in [7, 11) is 0. The molecule has 2 amide bonds. The fourth-order valence-corrected chi connectivity index (χ4v) is 5.66. The molecule has 4 heterocycles. The molecule has 3 aliphatic heterocycles. The van der Waals surface area contributed by atoms with Crippen molar-refractivity contribution in [2.75, 3.05) is 50.7 Å². The Hall–Kier alpha value is -2.97. The average molecular weight is 491 g/mol. The zero-order valence-corrected chi connectivity index (χ0v) is 21.3. The number of rotatable bonds is 8. The summed E-state index contributed by atoms with van der Waals surface area (Å²) in [4.78, 5) is 30.3. The number of amides is 2. The highest BCUT2D eigenvalue weighted by molar-refractivity contribution is 5.76. The van der Waals surface area contributed by atoms with Gasteiger partial charge in [-0.25, -0.2) is 9.78 Å². The number of piperidine rings is 1. The summed E-state index contributed by atoms with van der Waals surface area (Å²) in [5.74, 6) is 1.50. The number of aliphatic hydroxyl groups excluding tert-OH is 1. The molecule has 5 rings (SSSR count). The lowest BCUT2D eigenvalue weighted by atomic mass is 9.91. The van der Waals surface area contributed by atoms with Crippen LogP contribution in [0.4, 0.5) is 10.6 Å². The first-order valence-corrected chi connectivity index (χ1v) is 13.2. The van der Waals surface area contributed by atoms with Gasteiger partial charge in [0, 0.05) is 52.4 Å². The Morgan fingerprint density at radius 2 is 1.78 bits per heavy atom. The van der Waals surface area contributed by atoms with Crippen LogP contribution < -0.4 is 4.90 Å². The predicted octanol–water partition coefficient (Wildman–Crippen LogP) is 2.93. The highest BCUT2D eigenvalue weighted by Crippen LogP contribution is 2.26. The van der Waals surface area contributed by atoms with Crippen LogP contribution in [0.2, 0.25) is 0 Å². The number of carbonyl (C=O) groups excluding carboxylic acids is 1. The van der Waals surface area contributed by atoms with Crippen LogP contribution in [0, 0.1) is 5.92 Å². The van der Waals surface area contributed by atoms with Crippen molar-refractivity contribution in [1.29, 1.82) is 0 Å². The van der Waals surface area contributed by atoms with Crippen LogP contribution in [0.5, 0.6) is 0 Å². The lowest BCUT2D eigenvalue weighted by Gasteiger charge is -2.32. The van der Waals surface area contributed by atoms with Gasteiger partial charge in [-0.1, -0.05) is 36.4 Å². The van der Waals surface area contributed by atoms with E-state index >= 15 is 0 Å². The smallest absolute Gasteiger partial charge is 0.320 e. The monoisotopic (exact) mass is 490 g/mol. The molecule has 8 heteroatoms. The van der Waals surface area contributed by atoms with E-state index in [1.54, 1.807) is 16.0 Å². The highest BCUT2D eigenvalue weighted by atomic mass is 16.3. The van der Waals surface area contributed by atoms with Crippen molar-refractivity contribution < 1.29 is 9.90 Å². The van der Waals surface area contributed by atoms with Crippen LogP contribution in [0.3, 0.4) is 0 Å². The number of hydrogen-bond acceptors (Lipinski definition) is 6. The third kappa shape index (κ3) is 5.71. The van der Waals surface area contributed by atoms with E-state index in [0.717, 1.165) is 57.0 Å². The molecule has 36 heavy (non-hydrogen) atoms. The van der Waals surface area contributed by atoms with Crippen molar-refractivity contribution >= 4 is 11.8 Å². The second-order valence-corrected chi connectivity index (χ2v) is 10.5. The van der Waals surface area contributed by atoms with E-state index in [9.17, 15) is 9.90 Å². The summed E-state index contributed by atoms with van der Waals surface area (Å²) < 4.78 is 0. The van der Waals surface area contributed by atoms with Gasteiger partial charge < -0.3 is 19.8 Å². The zero-order valence-electron chi connectivity index (χ0n) is 21.3. The molecule has 2 saturated heterocycles. The fraction of sp³-hybridized carbons (Fsp3) is 0.536. The van der Waals surface area contributed by atoms with Gasteiger partial charge in [0.2, 0.25) is 0 Å². The minimum Gasteiger partial charge on any atom is -0.390 e. The predicted molar refractivity (Wildman–Crippen MR) is 141 cm³/mol. The minimum absolute atomic E-state index is 0.0363. The van der Waals surface area contributed by atoms with Gasteiger partial charge in [-0.3, -0.25) is 9.88 Å². The van der Waals surface area contributed by atoms with Crippen LogP contribution in [-0.4, -0.2) is 87.7 Å². The molecule has 1 aromatic heterocycles. The maximum absolute atomic E-state index is 13.0. The minimum atomic E-state index is -0.563. The Labute approximate surface area is 214 Å². The van der Waals surface area contributed by atoms with Gasteiger partial charge in [0.1, 0.15) is 5.82 Å². The molecule has 0 unspecified atom stereocenters. The highest BCUT2D eigenvalue weighted by Gasteiger charge is 2.31. The lowest BCUT2D eigenvalue weighted by Crippen LogP contribution is -2.43. The first-order valence-electron chi connectivity index (χ1n) is 13.2. The van der Waals surface area contributed by atoms with Crippen molar-refractivity contribution in [2.45, 2.75) is 45.4 Å². The summed E-state index contributed by atoms with van der Waals surface area (Å²) in [6.07, 6.45) is 6.27.